The Morgan fingerprint density at radius 3 is 2.10 bits per heavy atom. The van der Waals surface area contributed by atoms with Crippen LogP contribution >= 0.6 is 0 Å². The third-order valence-electron chi connectivity index (χ3n) is 7.48. The first-order chi connectivity index (χ1) is 20.4. The lowest BCUT2D eigenvalue weighted by Crippen LogP contribution is -2.27. The predicted molar refractivity (Wildman–Crippen MR) is 163 cm³/mol. The zero-order valence-corrected chi connectivity index (χ0v) is 23.7. The predicted octanol–water partition coefficient (Wildman–Crippen LogP) is 6.93. The molecule has 0 saturated heterocycles. The number of aromatic nitrogens is 2. The highest BCUT2D eigenvalue weighted by Crippen LogP contribution is 2.39. The van der Waals surface area contributed by atoms with Crippen LogP contribution in [0.3, 0.4) is 0 Å². The van der Waals surface area contributed by atoms with Crippen molar-refractivity contribution in [3.8, 4) is 16.9 Å². The largest absolute Gasteiger partial charge is 0.465 e. The number of hydrazone groups is 1. The summed E-state index contributed by atoms with van der Waals surface area (Å²) in [5.41, 5.74) is 8.24. The number of nitrogens with zero attached hydrogens (tertiary/aromatic N) is 4. The summed E-state index contributed by atoms with van der Waals surface area (Å²) in [6, 6.07) is 32.4. The van der Waals surface area contributed by atoms with Gasteiger partial charge in [-0.2, -0.15) is 10.2 Å². The van der Waals surface area contributed by atoms with Gasteiger partial charge in [-0.3, -0.25) is 4.79 Å². The van der Waals surface area contributed by atoms with E-state index in [1.807, 2.05) is 72.4 Å². The highest BCUT2D eigenvalue weighted by atomic mass is 16.5. The molecule has 0 aliphatic carbocycles. The molecule has 2 heterocycles. The summed E-state index contributed by atoms with van der Waals surface area (Å²) in [5.74, 6) is -0.813. The smallest absolute Gasteiger partial charge is 0.337 e. The molecule has 0 N–H and O–H groups in total. The maximum atomic E-state index is 14.1. The van der Waals surface area contributed by atoms with Crippen molar-refractivity contribution in [1.82, 2.24) is 14.8 Å². The first kappa shape index (κ1) is 26.9. The normalized spacial score (nSPS) is 14.5. The first-order valence-corrected chi connectivity index (χ1v) is 13.8. The minimum Gasteiger partial charge on any atom is -0.465 e. The highest BCUT2D eigenvalue weighted by molar-refractivity contribution is 6.05. The topological polar surface area (TPSA) is 76.8 Å². The Balaban J connectivity index is 1.48. The molecule has 1 atom stereocenters. The molecule has 4 aromatic carbocycles. The van der Waals surface area contributed by atoms with E-state index in [1.165, 1.54) is 12.1 Å². The molecule has 0 saturated carbocycles. The molecule has 1 amide bonds. The van der Waals surface area contributed by atoms with Gasteiger partial charge in [0.1, 0.15) is 0 Å². The quantitative estimate of drug-likeness (QED) is 0.213. The number of hydrogen-bond donors (Lipinski definition) is 0. The van der Waals surface area contributed by atoms with Crippen LogP contribution in [0.1, 0.15) is 55.4 Å². The van der Waals surface area contributed by atoms with Gasteiger partial charge >= 0.3 is 5.97 Å². The molecular formula is C35H30N4O3. The SMILES string of the molecule is COC(=O)c1cccc(C(=O)N2N=C(c3ccc(C)cc3)CC2c2cn(-c3ccccc3)nc2-c2ccc(C)cc2)c1. The molecule has 208 valence electrons. The Morgan fingerprint density at radius 1 is 0.786 bits per heavy atom. The van der Waals surface area contributed by atoms with E-state index in [1.54, 1.807) is 24.3 Å². The van der Waals surface area contributed by atoms with E-state index in [-0.39, 0.29) is 5.91 Å². The van der Waals surface area contributed by atoms with Crippen molar-refractivity contribution in [2.24, 2.45) is 5.10 Å². The molecule has 1 aliphatic rings. The van der Waals surface area contributed by atoms with Gasteiger partial charge in [-0.05, 0) is 49.7 Å². The zero-order chi connectivity index (χ0) is 29.2. The molecular weight excluding hydrogens is 524 g/mol. The maximum Gasteiger partial charge on any atom is 0.337 e. The van der Waals surface area contributed by atoms with Crippen molar-refractivity contribution in [2.45, 2.75) is 26.3 Å². The van der Waals surface area contributed by atoms with Gasteiger partial charge in [-0.15, -0.1) is 0 Å². The van der Waals surface area contributed by atoms with Gasteiger partial charge in [0.25, 0.3) is 5.91 Å². The second-order valence-electron chi connectivity index (χ2n) is 10.4. The summed E-state index contributed by atoms with van der Waals surface area (Å²) < 4.78 is 6.74. The number of carbonyl (C=O) groups is 2. The van der Waals surface area contributed by atoms with Gasteiger partial charge < -0.3 is 4.74 Å². The molecule has 0 fully saturated rings. The summed E-state index contributed by atoms with van der Waals surface area (Å²) in [6.45, 7) is 4.09. The van der Waals surface area contributed by atoms with Crippen molar-refractivity contribution >= 4 is 17.6 Å². The number of hydrogen-bond acceptors (Lipinski definition) is 5. The Bertz CT molecular complexity index is 1790. The molecule has 1 aliphatic heterocycles. The summed E-state index contributed by atoms with van der Waals surface area (Å²) >= 11 is 0. The van der Waals surface area contributed by atoms with Gasteiger partial charge in [0.15, 0.2) is 0 Å². The molecule has 5 aromatic rings. The van der Waals surface area contributed by atoms with Gasteiger partial charge in [0, 0.05) is 29.3 Å². The summed E-state index contributed by atoms with van der Waals surface area (Å²) in [6.07, 6.45) is 2.50. The molecule has 0 radical (unpaired) electrons. The number of benzene rings is 4. The van der Waals surface area contributed by atoms with E-state index in [9.17, 15) is 9.59 Å². The molecule has 7 nitrogen and oxygen atoms in total. The summed E-state index contributed by atoms with van der Waals surface area (Å²) in [7, 11) is 1.32. The van der Waals surface area contributed by atoms with Crippen LogP contribution in [-0.4, -0.2) is 39.5 Å². The van der Waals surface area contributed by atoms with Crippen molar-refractivity contribution < 1.29 is 14.3 Å². The van der Waals surface area contributed by atoms with Crippen LogP contribution in [-0.2, 0) is 4.74 Å². The van der Waals surface area contributed by atoms with Gasteiger partial charge in [-0.1, -0.05) is 83.9 Å². The number of esters is 1. The van der Waals surface area contributed by atoms with Crippen molar-refractivity contribution in [3.05, 3.63) is 143 Å². The highest BCUT2D eigenvalue weighted by Gasteiger charge is 2.37. The Labute approximate surface area is 244 Å². The van der Waals surface area contributed by atoms with E-state index in [4.69, 9.17) is 14.9 Å². The fourth-order valence-electron chi connectivity index (χ4n) is 5.17. The van der Waals surface area contributed by atoms with Gasteiger partial charge in [0.2, 0.25) is 0 Å². The van der Waals surface area contributed by atoms with E-state index in [0.717, 1.165) is 44.9 Å². The molecule has 0 spiro atoms. The van der Waals surface area contributed by atoms with Crippen molar-refractivity contribution in [2.75, 3.05) is 7.11 Å². The lowest BCUT2D eigenvalue weighted by Gasteiger charge is -2.22. The number of amides is 1. The molecule has 1 aromatic heterocycles. The minimum absolute atomic E-state index is 0.305. The lowest BCUT2D eigenvalue weighted by atomic mass is 9.95. The number of methoxy groups -OCH3 is 1. The van der Waals surface area contributed by atoms with Gasteiger partial charge in [-0.25, -0.2) is 14.5 Å². The van der Waals surface area contributed by atoms with Crippen molar-refractivity contribution in [1.29, 1.82) is 0 Å². The standard InChI is InChI=1S/C35H30N4O3/c1-23-12-16-25(17-13-23)31-21-32(39(36-31)34(40)27-8-7-9-28(20-27)35(41)42-3)30-22-38(29-10-5-4-6-11-29)37-33(30)26-18-14-24(2)15-19-26/h4-20,22,32H,21H2,1-3H3. The maximum absolute atomic E-state index is 14.1. The average molecular weight is 555 g/mol. The number of rotatable bonds is 6. The summed E-state index contributed by atoms with van der Waals surface area (Å²) in [5, 5.41) is 11.4. The first-order valence-electron chi connectivity index (χ1n) is 13.8. The Kier molecular flexibility index (Phi) is 7.23. The van der Waals surface area contributed by atoms with E-state index < -0.39 is 12.0 Å². The van der Waals surface area contributed by atoms with Crippen LogP contribution in [0.5, 0.6) is 0 Å². The third-order valence-corrected chi connectivity index (χ3v) is 7.48. The van der Waals surface area contributed by atoms with Crippen LogP contribution in [0, 0.1) is 13.8 Å². The van der Waals surface area contributed by atoms with Crippen LogP contribution < -0.4 is 0 Å². The monoisotopic (exact) mass is 554 g/mol. The van der Waals surface area contributed by atoms with Crippen LogP contribution in [0.2, 0.25) is 0 Å². The molecule has 6 rings (SSSR count). The van der Waals surface area contributed by atoms with Crippen LogP contribution in [0.25, 0.3) is 16.9 Å². The fourth-order valence-corrected chi connectivity index (χ4v) is 5.17. The van der Waals surface area contributed by atoms with E-state index >= 15 is 0 Å². The Morgan fingerprint density at radius 2 is 1.43 bits per heavy atom. The summed E-state index contributed by atoms with van der Waals surface area (Å²) in [4.78, 5) is 26.4. The second kappa shape index (κ2) is 11.3. The minimum atomic E-state index is -0.503. The van der Waals surface area contributed by atoms with Gasteiger partial charge in [0.05, 0.1) is 35.8 Å². The number of carbonyl (C=O) groups excluding carboxylic acids is 2. The van der Waals surface area contributed by atoms with Crippen molar-refractivity contribution in [3.63, 3.8) is 0 Å². The van der Waals surface area contributed by atoms with E-state index in [2.05, 4.69) is 31.2 Å². The Hall–Kier alpha value is -5.30. The number of ether oxygens (including phenoxy) is 1. The lowest BCUT2D eigenvalue weighted by molar-refractivity contribution is 0.0600. The molecule has 0 bridgehead atoms. The number of aryl methyl sites for hydroxylation is 2. The fraction of sp³-hybridized carbons (Fsp3) is 0.143. The van der Waals surface area contributed by atoms with E-state index in [0.29, 0.717) is 17.5 Å². The number of para-hydroxylation sites is 1. The zero-order valence-electron chi connectivity index (χ0n) is 23.7. The third kappa shape index (κ3) is 5.24. The average Bonchev–Trinajstić information content (AvgIpc) is 3.67. The molecule has 1 unspecified atom stereocenters. The second-order valence-corrected chi connectivity index (χ2v) is 10.4. The molecule has 7 heteroatoms. The van der Waals surface area contributed by atoms with Crippen LogP contribution in [0.4, 0.5) is 0 Å². The molecule has 42 heavy (non-hydrogen) atoms. The van der Waals surface area contributed by atoms with Crippen LogP contribution in [0.15, 0.2) is 114 Å².